The second kappa shape index (κ2) is 7.92. The molecule has 0 bridgehead atoms. The molecule has 9 atom stereocenters. The van der Waals surface area contributed by atoms with Gasteiger partial charge in [-0.1, -0.05) is 67.2 Å². The van der Waals surface area contributed by atoms with Crippen molar-refractivity contribution in [3.05, 3.63) is 0 Å². The van der Waals surface area contributed by atoms with Crippen molar-refractivity contribution in [2.75, 3.05) is 0 Å². The molecule has 28 heavy (non-hydrogen) atoms. The fraction of sp³-hybridized carbons (Fsp3) is 1.00. The topological polar surface area (TPSA) is 0 Å². The Labute approximate surface area is 177 Å². The van der Waals surface area contributed by atoms with Gasteiger partial charge in [-0.05, 0) is 110 Å². The molecule has 4 saturated carbocycles. The Morgan fingerprint density at radius 2 is 1.46 bits per heavy atom. The van der Waals surface area contributed by atoms with Crippen LogP contribution in [-0.2, 0) is 0 Å². The highest BCUT2D eigenvalue weighted by molar-refractivity contribution is 5.09. The molecule has 0 spiro atoms. The second-order valence-corrected chi connectivity index (χ2v) is 12.9. The minimum absolute atomic E-state index is 0.666. The van der Waals surface area contributed by atoms with Crippen LogP contribution in [0.1, 0.15) is 119 Å². The largest absolute Gasteiger partial charge is 0.0625 e. The van der Waals surface area contributed by atoms with Crippen LogP contribution in [0.5, 0.6) is 0 Å². The van der Waals surface area contributed by atoms with Gasteiger partial charge in [0.2, 0.25) is 0 Å². The fourth-order valence-corrected chi connectivity index (χ4v) is 9.33. The summed E-state index contributed by atoms with van der Waals surface area (Å²) in [4.78, 5) is 0. The highest BCUT2D eigenvalue weighted by Crippen LogP contribution is 2.68. The van der Waals surface area contributed by atoms with Crippen LogP contribution in [0.15, 0.2) is 0 Å². The molecule has 0 radical (unpaired) electrons. The van der Waals surface area contributed by atoms with Gasteiger partial charge in [0.25, 0.3) is 0 Å². The molecule has 0 aromatic rings. The van der Waals surface area contributed by atoms with Crippen molar-refractivity contribution in [2.45, 2.75) is 119 Å². The molecule has 0 aliphatic heterocycles. The molecule has 0 aromatic carbocycles. The van der Waals surface area contributed by atoms with Crippen LogP contribution in [0.25, 0.3) is 0 Å². The lowest BCUT2D eigenvalue weighted by Crippen LogP contribution is -2.53. The minimum Gasteiger partial charge on any atom is -0.0625 e. The monoisotopic (exact) mass is 386 g/mol. The fourth-order valence-electron chi connectivity index (χ4n) is 9.33. The molecule has 0 saturated heterocycles. The van der Waals surface area contributed by atoms with E-state index >= 15 is 0 Å². The number of fused-ring (bicyclic) bond motifs is 5. The van der Waals surface area contributed by atoms with Gasteiger partial charge < -0.3 is 0 Å². The van der Waals surface area contributed by atoms with Crippen LogP contribution in [0.2, 0.25) is 0 Å². The lowest BCUT2D eigenvalue weighted by molar-refractivity contribution is -0.114. The standard InChI is InChI=1S/C28H50/c1-19(2)20(3)10-11-21(4)24-14-15-25-23-13-12-22-9-7-8-17-27(22,5)26(23)16-18-28(24,25)6/h19-26H,7-18H2,1-6H3/t20?,21-,22+,23+,24-,25+,26+,27-,28+/m0/s1. The van der Waals surface area contributed by atoms with E-state index in [2.05, 4.69) is 41.5 Å². The SMILES string of the molecule is CC(C)C(C)CC[C@H](C)[C@@H]1CC[C@@H]2[C@H]3CC[C@H]4CCCC[C@]4(C)[C@@H]3CC[C@@]21C. The maximum atomic E-state index is 2.75. The van der Waals surface area contributed by atoms with Crippen molar-refractivity contribution < 1.29 is 0 Å². The number of hydrogen-bond acceptors (Lipinski definition) is 0. The average molecular weight is 387 g/mol. The summed E-state index contributed by atoms with van der Waals surface area (Å²) in [6.07, 6.45) is 18.4. The maximum Gasteiger partial charge on any atom is -0.0264 e. The summed E-state index contributed by atoms with van der Waals surface area (Å²) in [6.45, 7) is 15.4. The summed E-state index contributed by atoms with van der Waals surface area (Å²) in [5, 5.41) is 0. The minimum atomic E-state index is 0.666. The molecule has 4 rings (SSSR count). The van der Waals surface area contributed by atoms with Crippen molar-refractivity contribution in [3.8, 4) is 0 Å². The van der Waals surface area contributed by atoms with Crippen LogP contribution in [0.3, 0.4) is 0 Å². The van der Waals surface area contributed by atoms with E-state index in [1.54, 1.807) is 51.4 Å². The van der Waals surface area contributed by atoms with E-state index in [1.807, 2.05) is 0 Å². The van der Waals surface area contributed by atoms with Crippen molar-refractivity contribution in [3.63, 3.8) is 0 Å². The third kappa shape index (κ3) is 3.41. The first kappa shape index (κ1) is 21.2. The van der Waals surface area contributed by atoms with Gasteiger partial charge in [-0.25, -0.2) is 0 Å². The second-order valence-electron chi connectivity index (χ2n) is 12.9. The first-order valence-corrected chi connectivity index (χ1v) is 13.3. The maximum absolute atomic E-state index is 2.75. The highest BCUT2D eigenvalue weighted by atomic mass is 14.6. The highest BCUT2D eigenvalue weighted by Gasteiger charge is 2.60. The zero-order chi connectivity index (χ0) is 20.1. The summed E-state index contributed by atoms with van der Waals surface area (Å²) in [6, 6.07) is 0. The molecule has 0 nitrogen and oxygen atoms in total. The first-order chi connectivity index (χ1) is 13.3. The Morgan fingerprint density at radius 1 is 0.714 bits per heavy atom. The lowest BCUT2D eigenvalue weighted by Gasteiger charge is -2.61. The molecule has 4 fully saturated rings. The van der Waals surface area contributed by atoms with Crippen LogP contribution in [0, 0.1) is 58.2 Å². The quantitative estimate of drug-likeness (QED) is 0.443. The zero-order valence-corrected chi connectivity index (χ0v) is 20.1. The summed E-state index contributed by atoms with van der Waals surface area (Å²) >= 11 is 0. The van der Waals surface area contributed by atoms with Crippen LogP contribution >= 0.6 is 0 Å². The third-order valence-corrected chi connectivity index (χ3v) is 11.6. The van der Waals surface area contributed by atoms with Gasteiger partial charge in [-0.15, -0.1) is 0 Å². The Hall–Kier alpha value is 0. The van der Waals surface area contributed by atoms with Crippen LogP contribution < -0.4 is 0 Å². The third-order valence-electron chi connectivity index (χ3n) is 11.6. The Balaban J connectivity index is 1.46. The van der Waals surface area contributed by atoms with Gasteiger partial charge in [-0.2, -0.15) is 0 Å². The number of rotatable bonds is 5. The van der Waals surface area contributed by atoms with Crippen LogP contribution in [0.4, 0.5) is 0 Å². The van der Waals surface area contributed by atoms with Crippen LogP contribution in [-0.4, -0.2) is 0 Å². The van der Waals surface area contributed by atoms with Crippen molar-refractivity contribution in [2.24, 2.45) is 58.2 Å². The zero-order valence-electron chi connectivity index (χ0n) is 20.1. The normalized spacial score (nSPS) is 47.9. The molecule has 1 unspecified atom stereocenters. The van der Waals surface area contributed by atoms with Gasteiger partial charge in [0.1, 0.15) is 0 Å². The molecule has 4 aliphatic carbocycles. The Kier molecular flexibility index (Phi) is 6.01. The van der Waals surface area contributed by atoms with Gasteiger partial charge in [0, 0.05) is 0 Å². The Morgan fingerprint density at radius 3 is 2.21 bits per heavy atom. The van der Waals surface area contributed by atoms with E-state index < -0.39 is 0 Å². The molecular weight excluding hydrogens is 336 g/mol. The molecule has 0 amide bonds. The molecule has 0 heterocycles. The molecule has 0 aromatic heterocycles. The van der Waals surface area contributed by atoms with Crippen molar-refractivity contribution in [1.29, 1.82) is 0 Å². The van der Waals surface area contributed by atoms with Crippen molar-refractivity contribution >= 4 is 0 Å². The molecule has 4 aliphatic rings. The summed E-state index contributed by atoms with van der Waals surface area (Å²) in [7, 11) is 0. The van der Waals surface area contributed by atoms with E-state index in [0.29, 0.717) is 10.8 Å². The van der Waals surface area contributed by atoms with E-state index in [4.69, 9.17) is 0 Å². The smallest absolute Gasteiger partial charge is 0.0264 e. The van der Waals surface area contributed by atoms with E-state index in [-0.39, 0.29) is 0 Å². The van der Waals surface area contributed by atoms with Crippen molar-refractivity contribution in [1.82, 2.24) is 0 Å². The molecule has 0 heteroatoms. The Bertz CT molecular complexity index is 534. The van der Waals surface area contributed by atoms with E-state index in [9.17, 15) is 0 Å². The van der Waals surface area contributed by atoms with E-state index in [1.165, 1.54) is 25.7 Å². The summed E-state index contributed by atoms with van der Waals surface area (Å²) < 4.78 is 0. The van der Waals surface area contributed by atoms with Gasteiger partial charge in [0.05, 0.1) is 0 Å². The summed E-state index contributed by atoms with van der Waals surface area (Å²) in [5.74, 6) is 7.96. The van der Waals surface area contributed by atoms with Gasteiger partial charge >= 0.3 is 0 Å². The summed E-state index contributed by atoms with van der Waals surface area (Å²) in [5.41, 5.74) is 1.37. The predicted molar refractivity (Wildman–Crippen MR) is 122 cm³/mol. The van der Waals surface area contributed by atoms with Gasteiger partial charge in [0.15, 0.2) is 0 Å². The van der Waals surface area contributed by atoms with Gasteiger partial charge in [-0.3, -0.25) is 0 Å². The first-order valence-electron chi connectivity index (χ1n) is 13.3. The molecular formula is C28H50. The molecule has 162 valence electrons. The van der Waals surface area contributed by atoms with E-state index in [0.717, 1.165) is 47.3 Å². The number of hydrogen-bond donors (Lipinski definition) is 0. The predicted octanol–water partition coefficient (Wildman–Crippen LogP) is 8.74. The average Bonchev–Trinajstić information content (AvgIpc) is 3.02. The lowest BCUT2D eigenvalue weighted by atomic mass is 9.44. The molecule has 0 N–H and O–H groups in total.